The number of nitrogens with one attached hydrogen (secondary N) is 1. The second-order valence-corrected chi connectivity index (χ2v) is 4.31. The third kappa shape index (κ3) is 6.81. The van der Waals surface area contributed by atoms with Crippen LogP contribution in [0.5, 0.6) is 0 Å². The van der Waals surface area contributed by atoms with Crippen molar-refractivity contribution in [2.45, 2.75) is 38.5 Å². The van der Waals surface area contributed by atoms with E-state index in [0.717, 1.165) is 26.1 Å². The fourth-order valence-electron chi connectivity index (χ4n) is 1.91. The molecule has 0 atom stereocenters. The molecule has 16 heavy (non-hydrogen) atoms. The fraction of sp³-hybridized carbons (Fsp3) is 0.714. The smallest absolute Gasteiger partial charge is 0.0587 e. The van der Waals surface area contributed by atoms with Gasteiger partial charge in [-0.25, -0.2) is 0 Å². The summed E-state index contributed by atoms with van der Waals surface area (Å²) in [5.74, 6) is 0. The zero-order chi connectivity index (χ0) is 11.5. The largest absolute Gasteiger partial charge is 0.383 e. The lowest BCUT2D eigenvalue weighted by atomic mass is 10.1. The van der Waals surface area contributed by atoms with E-state index in [-0.39, 0.29) is 0 Å². The van der Waals surface area contributed by atoms with Crippen LogP contribution in [0.2, 0.25) is 0 Å². The van der Waals surface area contributed by atoms with E-state index in [2.05, 4.69) is 23.5 Å². The Morgan fingerprint density at radius 1 is 1.31 bits per heavy atom. The van der Waals surface area contributed by atoms with Gasteiger partial charge in [0.25, 0.3) is 0 Å². The standard InChI is InChI=1S/C14H25NO/c1-16-13-12-15-11-7-6-10-14-8-4-2-3-5-9-14/h6,8,10,15H,2-5,7,9,11-13H2,1H3/b10-6+. The normalized spacial score (nSPS) is 17.4. The zero-order valence-corrected chi connectivity index (χ0v) is 10.5. The molecule has 0 aliphatic heterocycles. The van der Waals surface area contributed by atoms with E-state index in [1.54, 1.807) is 7.11 Å². The molecule has 0 heterocycles. The van der Waals surface area contributed by atoms with Crippen molar-refractivity contribution in [2.75, 3.05) is 26.8 Å². The lowest BCUT2D eigenvalue weighted by Crippen LogP contribution is -2.19. The first-order chi connectivity index (χ1) is 7.93. The number of hydrogen-bond acceptors (Lipinski definition) is 2. The van der Waals surface area contributed by atoms with Gasteiger partial charge in [0.05, 0.1) is 6.61 Å². The topological polar surface area (TPSA) is 21.3 Å². The summed E-state index contributed by atoms with van der Waals surface area (Å²) in [4.78, 5) is 0. The summed E-state index contributed by atoms with van der Waals surface area (Å²) in [5.41, 5.74) is 1.54. The fourth-order valence-corrected chi connectivity index (χ4v) is 1.91. The average molecular weight is 223 g/mol. The molecule has 0 aromatic carbocycles. The van der Waals surface area contributed by atoms with Gasteiger partial charge in [0.1, 0.15) is 0 Å². The maximum Gasteiger partial charge on any atom is 0.0587 e. The molecule has 0 bridgehead atoms. The summed E-state index contributed by atoms with van der Waals surface area (Å²) >= 11 is 0. The van der Waals surface area contributed by atoms with Crippen molar-refractivity contribution in [3.63, 3.8) is 0 Å². The minimum absolute atomic E-state index is 0.800. The van der Waals surface area contributed by atoms with E-state index in [1.165, 1.54) is 37.7 Å². The number of hydrogen-bond donors (Lipinski definition) is 1. The predicted octanol–water partition coefficient (Wildman–Crippen LogP) is 3.06. The highest BCUT2D eigenvalue weighted by Gasteiger charge is 1.98. The van der Waals surface area contributed by atoms with Crippen LogP contribution in [0.1, 0.15) is 38.5 Å². The van der Waals surface area contributed by atoms with Crippen molar-refractivity contribution in [1.82, 2.24) is 5.32 Å². The maximum absolute atomic E-state index is 4.97. The van der Waals surface area contributed by atoms with E-state index in [9.17, 15) is 0 Å². The van der Waals surface area contributed by atoms with Crippen LogP contribution >= 0.6 is 0 Å². The zero-order valence-electron chi connectivity index (χ0n) is 10.5. The number of allylic oxidation sites excluding steroid dienone is 3. The van der Waals surface area contributed by atoms with E-state index in [4.69, 9.17) is 4.74 Å². The Kier molecular flexibility index (Phi) is 8.09. The Labute approximate surface area is 99.8 Å². The molecule has 0 unspecified atom stereocenters. The van der Waals surface area contributed by atoms with Gasteiger partial charge >= 0.3 is 0 Å². The third-order valence-electron chi connectivity index (χ3n) is 2.88. The van der Waals surface area contributed by atoms with E-state index >= 15 is 0 Å². The Bertz CT molecular complexity index is 221. The first-order valence-electron chi connectivity index (χ1n) is 6.48. The van der Waals surface area contributed by atoms with Crippen LogP contribution in [-0.2, 0) is 4.74 Å². The van der Waals surface area contributed by atoms with Gasteiger partial charge in [0.15, 0.2) is 0 Å². The molecule has 0 saturated carbocycles. The van der Waals surface area contributed by atoms with Crippen LogP contribution in [-0.4, -0.2) is 26.8 Å². The van der Waals surface area contributed by atoms with Crippen LogP contribution in [0.4, 0.5) is 0 Å². The SMILES string of the molecule is COCCNCC/C=C/C1=CCCCCC1. The van der Waals surface area contributed by atoms with Crippen molar-refractivity contribution in [3.05, 3.63) is 23.8 Å². The van der Waals surface area contributed by atoms with Gasteiger partial charge < -0.3 is 10.1 Å². The van der Waals surface area contributed by atoms with Crippen molar-refractivity contribution >= 4 is 0 Å². The van der Waals surface area contributed by atoms with Gasteiger partial charge in [-0.3, -0.25) is 0 Å². The highest BCUT2D eigenvalue weighted by atomic mass is 16.5. The molecule has 0 fully saturated rings. The van der Waals surface area contributed by atoms with Gasteiger partial charge in [0, 0.05) is 13.7 Å². The molecule has 92 valence electrons. The Balaban J connectivity index is 2.04. The summed E-state index contributed by atoms with van der Waals surface area (Å²) in [6.45, 7) is 2.80. The highest BCUT2D eigenvalue weighted by molar-refractivity contribution is 5.19. The van der Waals surface area contributed by atoms with Crippen molar-refractivity contribution in [1.29, 1.82) is 0 Å². The van der Waals surface area contributed by atoms with Crippen LogP contribution in [0, 0.1) is 0 Å². The minimum Gasteiger partial charge on any atom is -0.383 e. The van der Waals surface area contributed by atoms with Gasteiger partial charge in [-0.2, -0.15) is 0 Å². The number of methoxy groups -OCH3 is 1. The van der Waals surface area contributed by atoms with Crippen LogP contribution < -0.4 is 5.32 Å². The Morgan fingerprint density at radius 2 is 2.25 bits per heavy atom. The van der Waals surface area contributed by atoms with Gasteiger partial charge in [0.2, 0.25) is 0 Å². The molecule has 0 amide bonds. The lowest BCUT2D eigenvalue weighted by molar-refractivity contribution is 0.199. The summed E-state index contributed by atoms with van der Waals surface area (Å²) in [7, 11) is 1.74. The molecule has 0 saturated heterocycles. The summed E-state index contributed by atoms with van der Waals surface area (Å²) < 4.78 is 4.97. The minimum atomic E-state index is 0.800. The molecule has 1 rings (SSSR count). The lowest BCUT2D eigenvalue weighted by Gasteiger charge is -2.01. The summed E-state index contributed by atoms with van der Waals surface area (Å²) in [5, 5.41) is 3.34. The highest BCUT2D eigenvalue weighted by Crippen LogP contribution is 2.17. The first-order valence-corrected chi connectivity index (χ1v) is 6.48. The van der Waals surface area contributed by atoms with Gasteiger partial charge in [-0.15, -0.1) is 0 Å². The molecular formula is C14H25NO. The average Bonchev–Trinajstić information content (AvgIpc) is 2.56. The van der Waals surface area contributed by atoms with Crippen LogP contribution in [0.3, 0.4) is 0 Å². The second kappa shape index (κ2) is 9.61. The Hall–Kier alpha value is -0.600. The molecule has 2 heteroatoms. The summed E-state index contributed by atoms with van der Waals surface area (Å²) in [6, 6.07) is 0. The number of ether oxygens (including phenoxy) is 1. The van der Waals surface area contributed by atoms with E-state index < -0.39 is 0 Å². The maximum atomic E-state index is 4.97. The third-order valence-corrected chi connectivity index (χ3v) is 2.88. The van der Waals surface area contributed by atoms with Crippen molar-refractivity contribution in [3.8, 4) is 0 Å². The molecule has 1 aliphatic rings. The monoisotopic (exact) mass is 223 g/mol. The van der Waals surface area contributed by atoms with E-state index in [1.807, 2.05) is 0 Å². The molecule has 1 aliphatic carbocycles. The molecular weight excluding hydrogens is 198 g/mol. The predicted molar refractivity (Wildman–Crippen MR) is 69.7 cm³/mol. The second-order valence-electron chi connectivity index (χ2n) is 4.31. The molecule has 0 spiro atoms. The van der Waals surface area contributed by atoms with Gasteiger partial charge in [-0.1, -0.05) is 30.2 Å². The quantitative estimate of drug-likeness (QED) is 0.670. The Morgan fingerprint density at radius 3 is 3.12 bits per heavy atom. The molecule has 0 aromatic heterocycles. The summed E-state index contributed by atoms with van der Waals surface area (Å²) in [6.07, 6.45) is 14.8. The molecule has 0 aromatic rings. The van der Waals surface area contributed by atoms with Gasteiger partial charge in [-0.05, 0) is 38.6 Å². The first kappa shape index (κ1) is 13.5. The van der Waals surface area contributed by atoms with Crippen molar-refractivity contribution < 1.29 is 4.74 Å². The molecule has 2 nitrogen and oxygen atoms in total. The molecule has 0 radical (unpaired) electrons. The van der Waals surface area contributed by atoms with E-state index in [0.29, 0.717) is 0 Å². The van der Waals surface area contributed by atoms with Crippen LogP contribution in [0.25, 0.3) is 0 Å². The van der Waals surface area contributed by atoms with Crippen molar-refractivity contribution in [2.24, 2.45) is 0 Å². The molecule has 1 N–H and O–H groups in total. The number of rotatable bonds is 7. The van der Waals surface area contributed by atoms with Crippen LogP contribution in [0.15, 0.2) is 23.8 Å².